The second-order valence-electron chi connectivity index (χ2n) is 7.77. The van der Waals surface area contributed by atoms with E-state index >= 15 is 0 Å². The van der Waals surface area contributed by atoms with Crippen molar-refractivity contribution in [3.8, 4) is 17.0 Å². The van der Waals surface area contributed by atoms with Crippen molar-refractivity contribution in [2.24, 2.45) is 0 Å². The van der Waals surface area contributed by atoms with Crippen molar-refractivity contribution >= 4 is 16.9 Å². The largest absolute Gasteiger partial charge is 0.463 e. The second kappa shape index (κ2) is 9.58. The molecule has 0 radical (unpaired) electrons. The van der Waals surface area contributed by atoms with Crippen LogP contribution >= 0.6 is 0 Å². The molecule has 4 N–H and O–H groups in total. The Kier molecular flexibility index (Phi) is 6.42. The number of aryl methyl sites for hydroxylation is 1. The van der Waals surface area contributed by atoms with Crippen molar-refractivity contribution in [2.75, 3.05) is 0 Å². The van der Waals surface area contributed by atoms with Gasteiger partial charge in [0.15, 0.2) is 12.2 Å². The molecule has 0 spiro atoms. The molecular formula is C26H26N2O4+2. The fourth-order valence-electron chi connectivity index (χ4n) is 3.68. The topological polar surface area (TPSA) is 98.3 Å². The molecule has 0 aliphatic rings. The van der Waals surface area contributed by atoms with Crippen LogP contribution in [-0.4, -0.2) is 12.0 Å². The van der Waals surface area contributed by atoms with Crippen LogP contribution < -0.4 is 20.9 Å². The van der Waals surface area contributed by atoms with Crippen LogP contribution in [0.4, 0.5) is 0 Å². The molecule has 0 saturated carbocycles. The minimum absolute atomic E-state index is 0.136. The number of ether oxygens (including phenoxy) is 1. The highest BCUT2D eigenvalue weighted by molar-refractivity contribution is 5.85. The Balaban J connectivity index is 1.66. The maximum absolute atomic E-state index is 13.1. The third kappa shape index (κ3) is 4.60. The van der Waals surface area contributed by atoms with Crippen LogP contribution in [0.1, 0.15) is 24.5 Å². The van der Waals surface area contributed by atoms with E-state index in [2.05, 4.69) is 10.7 Å². The average molecular weight is 431 g/mol. The van der Waals surface area contributed by atoms with Crippen molar-refractivity contribution in [3.05, 3.63) is 94.5 Å². The van der Waals surface area contributed by atoms with E-state index in [-0.39, 0.29) is 5.43 Å². The van der Waals surface area contributed by atoms with Gasteiger partial charge in [-0.2, -0.15) is 0 Å². The number of aromatic amines is 1. The van der Waals surface area contributed by atoms with Gasteiger partial charge in [0.25, 0.3) is 0 Å². The number of carbonyl (C=O) groups excluding carboxylic acids is 1. The molecule has 2 heterocycles. The van der Waals surface area contributed by atoms with Crippen molar-refractivity contribution in [1.29, 1.82) is 0 Å². The van der Waals surface area contributed by atoms with Gasteiger partial charge in [-0.1, -0.05) is 43.7 Å². The Hall–Kier alpha value is -3.77. The Bertz CT molecular complexity index is 1280. The van der Waals surface area contributed by atoms with Gasteiger partial charge in [-0.25, -0.2) is 9.78 Å². The summed E-state index contributed by atoms with van der Waals surface area (Å²) in [5, 5.41) is 0.457. The summed E-state index contributed by atoms with van der Waals surface area (Å²) in [7, 11) is 0. The first-order valence-electron chi connectivity index (χ1n) is 10.7. The maximum Gasteiger partial charge on any atom is 0.370 e. The van der Waals surface area contributed by atoms with E-state index in [1.54, 1.807) is 18.3 Å². The summed E-state index contributed by atoms with van der Waals surface area (Å²) in [4.78, 5) is 28.9. The lowest BCUT2D eigenvalue weighted by atomic mass is 10.0. The molecule has 4 rings (SSSR count). The van der Waals surface area contributed by atoms with E-state index in [4.69, 9.17) is 9.15 Å². The van der Waals surface area contributed by atoms with E-state index in [0.29, 0.717) is 40.8 Å². The number of quaternary nitrogens is 1. The summed E-state index contributed by atoms with van der Waals surface area (Å²) >= 11 is 0. The van der Waals surface area contributed by atoms with E-state index in [1.807, 2.05) is 55.5 Å². The van der Waals surface area contributed by atoms with Gasteiger partial charge < -0.3 is 14.9 Å². The second-order valence-corrected chi connectivity index (χ2v) is 7.77. The van der Waals surface area contributed by atoms with Crippen LogP contribution in [0.5, 0.6) is 5.75 Å². The molecule has 0 aliphatic heterocycles. The summed E-state index contributed by atoms with van der Waals surface area (Å²) in [6.07, 6.45) is 5.18. The molecule has 0 aliphatic carbocycles. The van der Waals surface area contributed by atoms with Crippen LogP contribution in [0.25, 0.3) is 22.2 Å². The summed E-state index contributed by atoms with van der Waals surface area (Å²) in [6.45, 7) is 2.03. The number of carbonyl (C=O) groups is 1. The molecule has 2 aromatic heterocycles. The van der Waals surface area contributed by atoms with E-state index in [9.17, 15) is 9.59 Å². The predicted molar refractivity (Wildman–Crippen MR) is 121 cm³/mol. The molecule has 0 bridgehead atoms. The minimum Gasteiger partial charge on any atom is -0.463 e. The normalized spacial score (nSPS) is 11.9. The Morgan fingerprint density at radius 1 is 1.12 bits per heavy atom. The van der Waals surface area contributed by atoms with Crippen molar-refractivity contribution in [2.45, 2.75) is 32.2 Å². The monoisotopic (exact) mass is 430 g/mol. The van der Waals surface area contributed by atoms with Gasteiger partial charge in [-0.15, -0.1) is 0 Å². The first-order chi connectivity index (χ1) is 15.6. The molecule has 0 saturated heterocycles. The SMILES string of the molecule is CCCc1cc2c(=O)c(-c3cccc[nH+]3)coc2cc1OC(=O)C([NH3+])Cc1ccccc1. The minimum atomic E-state index is -0.550. The number of aromatic nitrogens is 1. The van der Waals surface area contributed by atoms with Gasteiger partial charge >= 0.3 is 5.97 Å². The van der Waals surface area contributed by atoms with Gasteiger partial charge in [0.1, 0.15) is 23.2 Å². The highest BCUT2D eigenvalue weighted by Gasteiger charge is 2.23. The smallest absolute Gasteiger partial charge is 0.370 e. The number of H-pyrrole nitrogens is 1. The summed E-state index contributed by atoms with van der Waals surface area (Å²) in [5.74, 6) is -0.00311. The van der Waals surface area contributed by atoms with Gasteiger partial charge in [-0.3, -0.25) is 4.79 Å². The van der Waals surface area contributed by atoms with E-state index in [1.165, 1.54) is 6.26 Å². The first kappa shape index (κ1) is 21.5. The number of hydrogen-bond donors (Lipinski definition) is 1. The zero-order valence-electron chi connectivity index (χ0n) is 18.0. The van der Waals surface area contributed by atoms with Gasteiger partial charge in [-0.05, 0) is 29.7 Å². The third-order valence-electron chi connectivity index (χ3n) is 5.34. The summed E-state index contributed by atoms with van der Waals surface area (Å²) < 4.78 is 11.5. The van der Waals surface area contributed by atoms with Crippen LogP contribution in [-0.2, 0) is 17.6 Å². The Morgan fingerprint density at radius 3 is 2.62 bits per heavy atom. The Morgan fingerprint density at radius 2 is 1.91 bits per heavy atom. The first-order valence-corrected chi connectivity index (χ1v) is 10.7. The van der Waals surface area contributed by atoms with Crippen LogP contribution in [0.15, 0.2) is 82.3 Å². The number of nitrogens with one attached hydrogen (secondary N) is 1. The molecule has 32 heavy (non-hydrogen) atoms. The number of pyridine rings is 1. The van der Waals surface area contributed by atoms with Crippen molar-refractivity contribution in [1.82, 2.24) is 0 Å². The molecule has 6 nitrogen and oxygen atoms in total. The molecule has 6 heteroatoms. The van der Waals surface area contributed by atoms with Gasteiger partial charge in [0.05, 0.1) is 5.39 Å². The summed E-state index contributed by atoms with van der Waals surface area (Å²) in [5.41, 5.74) is 7.16. The van der Waals surface area contributed by atoms with E-state index < -0.39 is 12.0 Å². The number of hydrogen-bond acceptors (Lipinski definition) is 4. The van der Waals surface area contributed by atoms with Crippen molar-refractivity contribution in [3.63, 3.8) is 0 Å². The lowest BCUT2D eigenvalue weighted by Gasteiger charge is -2.13. The number of rotatable bonds is 7. The van der Waals surface area contributed by atoms with Crippen LogP contribution in [0.2, 0.25) is 0 Å². The zero-order valence-corrected chi connectivity index (χ0v) is 18.0. The standard InChI is InChI=1S/C26H24N2O4/c1-2-8-18-14-19-24(31-16-20(25(19)29)22-11-6-7-12-28-22)15-23(18)32-26(30)21(27)13-17-9-4-3-5-10-17/h3-7,9-12,14-16,21H,2,8,13,27H2,1H3/p+2. The van der Waals surface area contributed by atoms with Crippen LogP contribution in [0, 0.1) is 0 Å². The van der Waals surface area contributed by atoms with Crippen molar-refractivity contribution < 1.29 is 24.7 Å². The molecule has 162 valence electrons. The molecular weight excluding hydrogens is 404 g/mol. The fourth-order valence-corrected chi connectivity index (χ4v) is 3.68. The molecule has 1 unspecified atom stereocenters. The van der Waals surface area contributed by atoms with Gasteiger partial charge in [0.2, 0.25) is 11.1 Å². The number of esters is 1. The molecule has 2 aromatic carbocycles. The highest BCUT2D eigenvalue weighted by atomic mass is 16.5. The average Bonchev–Trinajstić information content (AvgIpc) is 2.81. The number of benzene rings is 2. The molecule has 4 aromatic rings. The molecule has 0 amide bonds. The summed E-state index contributed by atoms with van der Waals surface area (Å²) in [6, 6.07) is 18.1. The lowest BCUT2D eigenvalue weighted by molar-refractivity contribution is -0.406. The van der Waals surface area contributed by atoms with Gasteiger partial charge in [0, 0.05) is 24.6 Å². The predicted octanol–water partition coefficient (Wildman–Crippen LogP) is 2.99. The van der Waals surface area contributed by atoms with Crippen LogP contribution in [0.3, 0.4) is 0 Å². The lowest BCUT2D eigenvalue weighted by Crippen LogP contribution is -2.67. The zero-order chi connectivity index (χ0) is 22.5. The third-order valence-corrected chi connectivity index (χ3v) is 5.34. The molecule has 0 fully saturated rings. The Labute approximate surface area is 185 Å². The quantitative estimate of drug-likeness (QED) is 0.360. The van der Waals surface area contributed by atoms with E-state index in [0.717, 1.165) is 17.5 Å². The molecule has 1 atom stereocenters. The highest BCUT2D eigenvalue weighted by Crippen LogP contribution is 2.27. The number of fused-ring (bicyclic) bond motifs is 1. The fraction of sp³-hybridized carbons (Fsp3) is 0.192. The maximum atomic E-state index is 13.1.